The summed E-state index contributed by atoms with van der Waals surface area (Å²) in [5.41, 5.74) is -0.595. The van der Waals surface area contributed by atoms with Crippen molar-refractivity contribution in [2.45, 2.75) is 18.4 Å². The Morgan fingerprint density at radius 2 is 2.27 bits per heavy atom. The minimum absolute atomic E-state index is 0.147. The summed E-state index contributed by atoms with van der Waals surface area (Å²) in [6.45, 7) is 1.65. The summed E-state index contributed by atoms with van der Waals surface area (Å²) in [6, 6.07) is 0. The van der Waals surface area contributed by atoms with Crippen LogP contribution < -0.4 is 5.32 Å². The molecule has 0 radical (unpaired) electrons. The second-order valence-electron chi connectivity index (χ2n) is 4.19. The quantitative estimate of drug-likeness (QED) is 0.629. The third-order valence-corrected chi connectivity index (χ3v) is 3.05. The third kappa shape index (κ3) is 2.35. The molecular formula is C10H19N3O2. The highest BCUT2D eigenvalue weighted by molar-refractivity contribution is 5.93. The van der Waals surface area contributed by atoms with Gasteiger partial charge in [-0.2, -0.15) is 0 Å². The molecule has 0 aromatic carbocycles. The first-order valence-corrected chi connectivity index (χ1v) is 5.16. The maximum atomic E-state index is 12.0. The average molecular weight is 213 g/mol. The molecule has 0 spiro atoms. The fraction of sp³-hybridized carbons (Fsp3) is 0.800. The predicted octanol–water partition coefficient (Wildman–Crippen LogP) is -0.715. The molecule has 1 unspecified atom stereocenters. The van der Waals surface area contributed by atoms with Crippen molar-refractivity contribution in [3.63, 3.8) is 0 Å². The lowest BCUT2D eigenvalue weighted by Gasteiger charge is -2.41. The zero-order chi connectivity index (χ0) is 11.5. The predicted molar refractivity (Wildman–Crippen MR) is 57.4 cm³/mol. The zero-order valence-corrected chi connectivity index (χ0v) is 9.62. The molecule has 1 atom stereocenters. The molecular weight excluding hydrogens is 194 g/mol. The first kappa shape index (κ1) is 12.1. The summed E-state index contributed by atoms with van der Waals surface area (Å²) in [5.74, 6) is -0.147. The molecule has 0 aromatic rings. The van der Waals surface area contributed by atoms with E-state index in [1.165, 1.54) is 7.05 Å². The maximum Gasteiger partial charge on any atom is 0.250 e. The Balaban J connectivity index is 2.83. The van der Waals surface area contributed by atoms with Gasteiger partial charge in [-0.15, -0.1) is 0 Å². The van der Waals surface area contributed by atoms with Crippen molar-refractivity contribution >= 4 is 12.3 Å². The van der Waals surface area contributed by atoms with Gasteiger partial charge in [0.1, 0.15) is 5.54 Å². The Hall–Kier alpha value is -0.940. The highest BCUT2D eigenvalue weighted by Gasteiger charge is 2.41. The summed E-state index contributed by atoms with van der Waals surface area (Å²) in [4.78, 5) is 25.9. The molecule has 0 bridgehead atoms. The second kappa shape index (κ2) is 4.72. The number of rotatable bonds is 3. The molecule has 1 aliphatic rings. The van der Waals surface area contributed by atoms with Gasteiger partial charge >= 0.3 is 0 Å². The molecule has 1 heterocycles. The monoisotopic (exact) mass is 213 g/mol. The van der Waals surface area contributed by atoms with Gasteiger partial charge < -0.3 is 10.2 Å². The van der Waals surface area contributed by atoms with Crippen LogP contribution in [0.1, 0.15) is 12.8 Å². The van der Waals surface area contributed by atoms with Crippen molar-refractivity contribution < 1.29 is 9.59 Å². The lowest BCUT2D eigenvalue weighted by atomic mass is 9.88. The van der Waals surface area contributed by atoms with Crippen LogP contribution >= 0.6 is 0 Å². The Morgan fingerprint density at radius 1 is 1.60 bits per heavy atom. The van der Waals surface area contributed by atoms with E-state index in [2.05, 4.69) is 10.2 Å². The van der Waals surface area contributed by atoms with Gasteiger partial charge in [-0.3, -0.25) is 14.5 Å². The maximum absolute atomic E-state index is 12.0. The van der Waals surface area contributed by atoms with E-state index in [0.717, 1.165) is 24.3 Å². The molecule has 1 saturated heterocycles. The largest absolute Gasteiger partial charge is 0.305 e. The van der Waals surface area contributed by atoms with Crippen LogP contribution in [0.5, 0.6) is 0 Å². The average Bonchev–Trinajstić information content (AvgIpc) is 2.26. The molecule has 0 aliphatic carbocycles. The number of likely N-dealkylation sites (tertiary alicyclic amines) is 1. The molecule has 1 N–H and O–H groups in total. The number of carbonyl (C=O) groups excluding carboxylic acids is 2. The number of likely N-dealkylation sites (N-methyl/N-ethyl adjacent to an activating group) is 3. The lowest BCUT2D eigenvalue weighted by molar-refractivity contribution is -0.143. The van der Waals surface area contributed by atoms with Crippen molar-refractivity contribution in [3.05, 3.63) is 0 Å². The summed E-state index contributed by atoms with van der Waals surface area (Å²) in [7, 11) is 5.26. The third-order valence-electron chi connectivity index (χ3n) is 3.05. The van der Waals surface area contributed by atoms with Crippen molar-refractivity contribution in [1.29, 1.82) is 0 Å². The summed E-state index contributed by atoms with van der Waals surface area (Å²) >= 11 is 0. The standard InChI is InChI=1S/C10H19N3O2/c1-11-10(9(15)13(3)8-14)5-4-6-12(2)7-10/h8,11H,4-7H2,1-3H3. The van der Waals surface area contributed by atoms with Crippen LogP contribution in [0.3, 0.4) is 0 Å². The van der Waals surface area contributed by atoms with E-state index in [1.807, 2.05) is 7.05 Å². The Labute approximate surface area is 90.4 Å². The minimum atomic E-state index is -0.595. The summed E-state index contributed by atoms with van der Waals surface area (Å²) in [5, 5.41) is 3.07. The van der Waals surface area contributed by atoms with Gasteiger partial charge in [0.05, 0.1) is 0 Å². The van der Waals surface area contributed by atoms with E-state index in [9.17, 15) is 9.59 Å². The number of amides is 2. The smallest absolute Gasteiger partial charge is 0.250 e. The van der Waals surface area contributed by atoms with Crippen molar-refractivity contribution in [2.24, 2.45) is 0 Å². The molecule has 5 nitrogen and oxygen atoms in total. The van der Waals surface area contributed by atoms with Crippen LogP contribution in [0, 0.1) is 0 Å². The van der Waals surface area contributed by atoms with E-state index in [1.54, 1.807) is 7.05 Å². The number of nitrogens with one attached hydrogen (secondary N) is 1. The van der Waals surface area contributed by atoms with Crippen LogP contribution in [-0.4, -0.2) is 61.9 Å². The van der Waals surface area contributed by atoms with E-state index < -0.39 is 5.54 Å². The molecule has 15 heavy (non-hydrogen) atoms. The SMILES string of the molecule is CNC1(C(=O)N(C)C=O)CCCN(C)C1. The van der Waals surface area contributed by atoms with E-state index >= 15 is 0 Å². The van der Waals surface area contributed by atoms with Gasteiger partial charge in [0.15, 0.2) is 0 Å². The van der Waals surface area contributed by atoms with E-state index in [4.69, 9.17) is 0 Å². The van der Waals surface area contributed by atoms with Crippen LogP contribution in [0.25, 0.3) is 0 Å². The molecule has 0 aromatic heterocycles. The first-order valence-electron chi connectivity index (χ1n) is 5.16. The molecule has 2 amide bonds. The zero-order valence-electron chi connectivity index (χ0n) is 9.62. The number of hydrogen-bond donors (Lipinski definition) is 1. The van der Waals surface area contributed by atoms with Crippen molar-refractivity contribution in [2.75, 3.05) is 34.2 Å². The first-order chi connectivity index (χ1) is 7.05. The molecule has 5 heteroatoms. The molecule has 1 rings (SSSR count). The van der Waals surface area contributed by atoms with E-state index in [-0.39, 0.29) is 5.91 Å². The minimum Gasteiger partial charge on any atom is -0.305 e. The van der Waals surface area contributed by atoms with Crippen molar-refractivity contribution in [3.8, 4) is 0 Å². The van der Waals surface area contributed by atoms with Gasteiger partial charge in [-0.1, -0.05) is 0 Å². The van der Waals surface area contributed by atoms with Crippen LogP contribution in [0.4, 0.5) is 0 Å². The number of imide groups is 1. The fourth-order valence-corrected chi connectivity index (χ4v) is 2.14. The summed E-state index contributed by atoms with van der Waals surface area (Å²) < 4.78 is 0. The highest BCUT2D eigenvalue weighted by Crippen LogP contribution is 2.21. The van der Waals surface area contributed by atoms with Gasteiger partial charge in [-0.25, -0.2) is 0 Å². The lowest BCUT2D eigenvalue weighted by Crippen LogP contribution is -2.63. The van der Waals surface area contributed by atoms with E-state index in [0.29, 0.717) is 13.0 Å². The normalized spacial score (nSPS) is 27.4. The van der Waals surface area contributed by atoms with Crippen LogP contribution in [0.15, 0.2) is 0 Å². The molecule has 1 aliphatic heterocycles. The molecule has 86 valence electrons. The topological polar surface area (TPSA) is 52.7 Å². The second-order valence-corrected chi connectivity index (χ2v) is 4.19. The summed E-state index contributed by atoms with van der Waals surface area (Å²) in [6.07, 6.45) is 2.32. The van der Waals surface area contributed by atoms with Gasteiger partial charge in [0.25, 0.3) is 0 Å². The molecule has 1 fully saturated rings. The van der Waals surface area contributed by atoms with Gasteiger partial charge in [0, 0.05) is 13.6 Å². The number of hydrogen-bond acceptors (Lipinski definition) is 4. The van der Waals surface area contributed by atoms with Crippen LogP contribution in [0.2, 0.25) is 0 Å². The molecule has 0 saturated carbocycles. The van der Waals surface area contributed by atoms with Gasteiger partial charge in [0.2, 0.25) is 12.3 Å². The number of carbonyl (C=O) groups is 2. The Morgan fingerprint density at radius 3 is 2.73 bits per heavy atom. The Bertz CT molecular complexity index is 257. The fourth-order valence-electron chi connectivity index (χ4n) is 2.14. The van der Waals surface area contributed by atoms with Crippen molar-refractivity contribution in [1.82, 2.24) is 15.1 Å². The van der Waals surface area contributed by atoms with Gasteiger partial charge in [-0.05, 0) is 33.5 Å². The van der Waals surface area contributed by atoms with Crippen LogP contribution in [-0.2, 0) is 9.59 Å². The highest BCUT2D eigenvalue weighted by atomic mass is 16.2. The Kier molecular flexibility index (Phi) is 3.82. The number of piperidine rings is 1. The number of nitrogens with zero attached hydrogens (tertiary/aromatic N) is 2.